The average Bonchev–Trinajstić information content (AvgIpc) is 3.35. The number of halogens is 5. The summed E-state index contributed by atoms with van der Waals surface area (Å²) in [5, 5.41) is 3.82. The molecule has 1 unspecified atom stereocenters. The molecule has 0 bridgehead atoms. The minimum absolute atomic E-state index is 0.0561. The van der Waals surface area contributed by atoms with E-state index in [2.05, 4.69) is 19.6 Å². The number of Topliss-reactive ketones (excluding diaryl/α,β-unsaturated/α-hetero) is 1. The molecule has 3 aromatic rings. The molecule has 1 aliphatic carbocycles. The minimum Gasteiger partial charge on any atom is -0.395 e. The number of hydrogen-bond acceptors (Lipinski definition) is 6. The molecular formula is C25H20F5N3O4. The van der Waals surface area contributed by atoms with Gasteiger partial charge in [-0.05, 0) is 48.6 Å². The number of alkyl halides is 5. The molecule has 37 heavy (non-hydrogen) atoms. The molecule has 0 N–H and O–H groups in total. The molecule has 0 spiro atoms. The predicted molar refractivity (Wildman–Crippen MR) is 117 cm³/mol. The minimum atomic E-state index is -4.70. The Morgan fingerprint density at radius 2 is 1.81 bits per heavy atom. The van der Waals surface area contributed by atoms with Crippen LogP contribution in [-0.2, 0) is 22.7 Å². The van der Waals surface area contributed by atoms with Gasteiger partial charge in [-0.3, -0.25) is 9.78 Å². The van der Waals surface area contributed by atoms with E-state index in [1.165, 1.54) is 24.4 Å². The molecule has 7 nitrogen and oxygen atoms in total. The number of nitrogens with zero attached hydrogens (tertiary/aromatic N) is 3. The Bertz CT molecular complexity index is 1410. The molecule has 194 valence electrons. The maximum absolute atomic E-state index is 13.7. The van der Waals surface area contributed by atoms with Crippen LogP contribution in [-0.4, -0.2) is 40.1 Å². The molecule has 2 aliphatic heterocycles. The quantitative estimate of drug-likeness (QED) is 0.440. The van der Waals surface area contributed by atoms with E-state index < -0.39 is 29.4 Å². The smallest absolute Gasteiger partial charge is 0.395 e. The van der Waals surface area contributed by atoms with Crippen molar-refractivity contribution in [2.45, 2.75) is 50.0 Å². The second-order valence-corrected chi connectivity index (χ2v) is 9.51. The van der Waals surface area contributed by atoms with Crippen LogP contribution in [0, 0.1) is 0 Å². The summed E-state index contributed by atoms with van der Waals surface area (Å²) in [5.74, 6) is -0.859. The van der Waals surface area contributed by atoms with Crippen molar-refractivity contribution in [3.05, 3.63) is 64.7 Å². The molecule has 1 atom stereocenters. The van der Waals surface area contributed by atoms with E-state index in [0.717, 1.165) is 4.68 Å². The summed E-state index contributed by atoms with van der Waals surface area (Å²) in [7, 11) is 0. The summed E-state index contributed by atoms with van der Waals surface area (Å²) in [6, 6.07) is 7.63. The van der Waals surface area contributed by atoms with E-state index >= 15 is 0 Å². The third-order valence-corrected chi connectivity index (χ3v) is 7.32. The zero-order valence-corrected chi connectivity index (χ0v) is 19.4. The Kier molecular flexibility index (Phi) is 5.14. The summed E-state index contributed by atoms with van der Waals surface area (Å²) in [5.41, 5.74) is -0.434. The SMILES string of the molecule is CC(c1ccc2c(c1)OC(F)(F)O2)C1(c2cc(-n3nc(C(F)(F)F)c4c3C(=O)CCC4)ccn2)COC1. The summed E-state index contributed by atoms with van der Waals surface area (Å²) in [4.78, 5) is 17.1. The van der Waals surface area contributed by atoms with Gasteiger partial charge in [0.25, 0.3) is 0 Å². The van der Waals surface area contributed by atoms with Gasteiger partial charge in [0.1, 0.15) is 5.69 Å². The standard InChI is InChI=1S/C25H20F5N3O4/c1-13(14-5-6-18-19(9-14)37-25(29,30)36-18)23(11-35-12-23)20-10-15(7-8-31-20)33-21-16(3-2-4-17(21)34)22(32-33)24(26,27)28/h5-10,13H,2-4,11-12H2,1H3. The number of rotatable bonds is 4. The highest BCUT2D eigenvalue weighted by Gasteiger charge is 2.49. The van der Waals surface area contributed by atoms with Crippen molar-refractivity contribution in [3.63, 3.8) is 0 Å². The largest absolute Gasteiger partial charge is 0.586 e. The van der Waals surface area contributed by atoms with Gasteiger partial charge in [0.2, 0.25) is 0 Å². The number of pyridine rings is 1. The first-order valence-electron chi connectivity index (χ1n) is 11.7. The van der Waals surface area contributed by atoms with Gasteiger partial charge in [-0.15, -0.1) is 8.78 Å². The van der Waals surface area contributed by atoms with Crippen LogP contribution in [0.5, 0.6) is 11.5 Å². The van der Waals surface area contributed by atoms with Gasteiger partial charge in [-0.1, -0.05) is 13.0 Å². The lowest BCUT2D eigenvalue weighted by Crippen LogP contribution is -2.51. The van der Waals surface area contributed by atoms with Crippen molar-refractivity contribution >= 4 is 5.78 Å². The summed E-state index contributed by atoms with van der Waals surface area (Å²) < 4.78 is 83.8. The second kappa shape index (κ2) is 7.98. The molecule has 2 aromatic heterocycles. The lowest BCUT2D eigenvalue weighted by molar-refractivity contribution is -0.286. The zero-order chi connectivity index (χ0) is 26.2. The summed E-state index contributed by atoms with van der Waals surface area (Å²) in [6.07, 6.45) is -6.39. The van der Waals surface area contributed by atoms with Crippen molar-refractivity contribution in [1.82, 2.24) is 14.8 Å². The van der Waals surface area contributed by atoms with Gasteiger partial charge in [0.15, 0.2) is 23.0 Å². The van der Waals surface area contributed by atoms with E-state index in [4.69, 9.17) is 4.74 Å². The predicted octanol–water partition coefficient (Wildman–Crippen LogP) is 5.20. The van der Waals surface area contributed by atoms with Crippen molar-refractivity contribution < 1.29 is 41.0 Å². The number of aromatic nitrogens is 3. The maximum Gasteiger partial charge on any atom is 0.586 e. The van der Waals surface area contributed by atoms with Gasteiger partial charge < -0.3 is 14.2 Å². The molecule has 6 rings (SSSR count). The number of ether oxygens (including phenoxy) is 3. The van der Waals surface area contributed by atoms with Crippen LogP contribution in [0.3, 0.4) is 0 Å². The molecule has 12 heteroatoms. The first kappa shape index (κ1) is 23.8. The Balaban J connectivity index is 1.40. The Labute approximate surface area is 207 Å². The third kappa shape index (κ3) is 3.76. The van der Waals surface area contributed by atoms with E-state index in [0.29, 0.717) is 17.7 Å². The lowest BCUT2D eigenvalue weighted by Gasteiger charge is -2.45. The summed E-state index contributed by atoms with van der Waals surface area (Å²) >= 11 is 0. The number of carbonyl (C=O) groups excluding carboxylic acids is 1. The van der Waals surface area contributed by atoms with Crippen molar-refractivity contribution in [3.8, 4) is 17.2 Å². The monoisotopic (exact) mass is 521 g/mol. The first-order chi connectivity index (χ1) is 17.5. The molecular weight excluding hydrogens is 501 g/mol. The molecule has 1 aromatic carbocycles. The molecule has 0 saturated carbocycles. The van der Waals surface area contributed by atoms with E-state index in [-0.39, 0.29) is 60.4 Å². The van der Waals surface area contributed by atoms with E-state index in [9.17, 15) is 26.7 Å². The Hall–Kier alpha value is -3.54. The van der Waals surface area contributed by atoms with Crippen LogP contribution in [0.2, 0.25) is 0 Å². The molecule has 1 saturated heterocycles. The normalized spacial score (nSPS) is 20.3. The van der Waals surface area contributed by atoms with Crippen LogP contribution in [0.4, 0.5) is 22.0 Å². The average molecular weight is 521 g/mol. The Morgan fingerprint density at radius 3 is 2.51 bits per heavy atom. The van der Waals surface area contributed by atoms with Crippen molar-refractivity contribution in [2.24, 2.45) is 0 Å². The molecule has 4 heterocycles. The van der Waals surface area contributed by atoms with Gasteiger partial charge in [0, 0.05) is 18.2 Å². The molecule has 0 radical (unpaired) electrons. The third-order valence-electron chi connectivity index (χ3n) is 7.32. The highest BCUT2D eigenvalue weighted by Crippen LogP contribution is 2.48. The van der Waals surface area contributed by atoms with Gasteiger partial charge in [-0.25, -0.2) is 4.68 Å². The fourth-order valence-electron chi connectivity index (χ4n) is 5.25. The van der Waals surface area contributed by atoms with Crippen LogP contribution >= 0.6 is 0 Å². The van der Waals surface area contributed by atoms with Crippen LogP contribution in [0.15, 0.2) is 36.5 Å². The van der Waals surface area contributed by atoms with Crippen LogP contribution < -0.4 is 9.47 Å². The first-order valence-corrected chi connectivity index (χ1v) is 11.7. The number of hydrogen-bond donors (Lipinski definition) is 0. The van der Waals surface area contributed by atoms with Crippen molar-refractivity contribution in [1.29, 1.82) is 0 Å². The Morgan fingerprint density at radius 1 is 1.05 bits per heavy atom. The second-order valence-electron chi connectivity index (χ2n) is 9.51. The fourth-order valence-corrected chi connectivity index (χ4v) is 5.25. The lowest BCUT2D eigenvalue weighted by atomic mass is 9.69. The fraction of sp³-hybridized carbons (Fsp3) is 0.400. The topological polar surface area (TPSA) is 75.5 Å². The highest BCUT2D eigenvalue weighted by molar-refractivity contribution is 5.97. The van der Waals surface area contributed by atoms with E-state index in [1.54, 1.807) is 12.1 Å². The van der Waals surface area contributed by atoms with Crippen LogP contribution in [0.25, 0.3) is 5.69 Å². The molecule has 1 fully saturated rings. The zero-order valence-electron chi connectivity index (χ0n) is 19.4. The van der Waals surface area contributed by atoms with E-state index in [1.807, 2.05) is 6.92 Å². The number of carbonyl (C=O) groups is 1. The highest BCUT2D eigenvalue weighted by atomic mass is 19.4. The number of benzene rings is 1. The van der Waals surface area contributed by atoms with Gasteiger partial charge >= 0.3 is 12.5 Å². The maximum atomic E-state index is 13.7. The number of fused-ring (bicyclic) bond motifs is 2. The van der Waals surface area contributed by atoms with Gasteiger partial charge in [0.05, 0.1) is 30.0 Å². The number of ketones is 1. The van der Waals surface area contributed by atoms with Crippen molar-refractivity contribution in [2.75, 3.05) is 13.2 Å². The summed E-state index contributed by atoms with van der Waals surface area (Å²) in [6.45, 7) is 2.38. The van der Waals surface area contributed by atoms with Gasteiger partial charge in [-0.2, -0.15) is 18.3 Å². The molecule has 3 aliphatic rings. The van der Waals surface area contributed by atoms with Crippen LogP contribution in [0.1, 0.15) is 58.7 Å². The molecule has 0 amide bonds.